The predicted octanol–water partition coefficient (Wildman–Crippen LogP) is 14.4. The second-order valence-corrected chi connectivity index (χ2v) is 15.0. The standard InChI is InChI=1S/C51H32S/c1-2-13-33(14-3-1)37-24-12-15-34-27-30-36(31-46(34)37)32-25-28-35(29-26-32)47-48-42-20-8-4-16-38(42)40-18-6-10-22-44(40)50(48)52-51-45-23-11-7-19-41(45)39-17-5-9-21-43(39)49(47)51/h1-31,47H. The van der Waals surface area contributed by atoms with Crippen LogP contribution < -0.4 is 0 Å². The number of fused-ring (bicyclic) bond motifs is 13. The monoisotopic (exact) mass is 676 g/mol. The third-order valence-corrected chi connectivity index (χ3v) is 12.5. The third-order valence-electron chi connectivity index (χ3n) is 11.2. The van der Waals surface area contributed by atoms with E-state index < -0.39 is 0 Å². The number of rotatable bonds is 3. The fourth-order valence-corrected chi connectivity index (χ4v) is 10.3. The summed E-state index contributed by atoms with van der Waals surface area (Å²) in [4.78, 5) is 2.75. The normalized spacial score (nSPS) is 12.8. The van der Waals surface area contributed by atoms with Gasteiger partial charge in [-0.2, -0.15) is 0 Å². The first-order valence-electron chi connectivity index (χ1n) is 18.0. The van der Waals surface area contributed by atoms with E-state index in [2.05, 4.69) is 188 Å². The van der Waals surface area contributed by atoms with Crippen molar-refractivity contribution in [3.8, 4) is 22.3 Å². The lowest BCUT2D eigenvalue weighted by molar-refractivity contribution is 0.938. The van der Waals surface area contributed by atoms with Gasteiger partial charge in [-0.05, 0) is 98.9 Å². The highest BCUT2D eigenvalue weighted by Gasteiger charge is 2.34. The molecule has 1 heterocycles. The molecule has 10 aromatic carbocycles. The molecule has 0 atom stereocenters. The minimum Gasteiger partial charge on any atom is -0.0881 e. The Bertz CT molecular complexity index is 2900. The van der Waals surface area contributed by atoms with E-state index in [1.807, 2.05) is 11.8 Å². The molecule has 0 saturated heterocycles. The molecule has 0 aliphatic carbocycles. The zero-order valence-corrected chi connectivity index (χ0v) is 29.2. The van der Waals surface area contributed by atoms with Gasteiger partial charge < -0.3 is 0 Å². The maximum absolute atomic E-state index is 2.39. The topological polar surface area (TPSA) is 0 Å². The molecule has 52 heavy (non-hydrogen) atoms. The Morgan fingerprint density at radius 3 is 1.37 bits per heavy atom. The summed E-state index contributed by atoms with van der Waals surface area (Å²) >= 11 is 1.97. The average Bonchev–Trinajstić information content (AvgIpc) is 3.23. The summed E-state index contributed by atoms with van der Waals surface area (Å²) in [7, 11) is 0. The van der Waals surface area contributed by atoms with Crippen LogP contribution in [0.3, 0.4) is 0 Å². The molecule has 1 aliphatic rings. The van der Waals surface area contributed by atoms with E-state index >= 15 is 0 Å². The maximum Gasteiger partial charge on any atom is 0.0375 e. The summed E-state index contributed by atoms with van der Waals surface area (Å²) < 4.78 is 0. The molecule has 0 radical (unpaired) electrons. The van der Waals surface area contributed by atoms with Crippen LogP contribution in [0.1, 0.15) is 22.6 Å². The highest BCUT2D eigenvalue weighted by atomic mass is 32.2. The summed E-state index contributed by atoms with van der Waals surface area (Å²) in [6, 6.07) is 69.8. The van der Waals surface area contributed by atoms with Crippen LogP contribution in [-0.2, 0) is 0 Å². The van der Waals surface area contributed by atoms with Gasteiger partial charge in [0.2, 0.25) is 0 Å². The van der Waals surface area contributed by atoms with Gasteiger partial charge in [0.25, 0.3) is 0 Å². The van der Waals surface area contributed by atoms with Gasteiger partial charge in [-0.3, -0.25) is 0 Å². The van der Waals surface area contributed by atoms with Gasteiger partial charge in [0, 0.05) is 15.7 Å². The number of benzene rings is 10. The summed E-state index contributed by atoms with van der Waals surface area (Å²) in [5.41, 5.74) is 9.12. The Morgan fingerprint density at radius 1 is 0.308 bits per heavy atom. The molecule has 0 bridgehead atoms. The van der Waals surface area contributed by atoms with Gasteiger partial charge in [0.1, 0.15) is 0 Å². The molecule has 0 N–H and O–H groups in total. The zero-order chi connectivity index (χ0) is 34.2. The third kappa shape index (κ3) is 4.43. The van der Waals surface area contributed by atoms with Crippen molar-refractivity contribution < 1.29 is 0 Å². The van der Waals surface area contributed by atoms with E-state index in [0.717, 1.165) is 0 Å². The van der Waals surface area contributed by atoms with Crippen molar-refractivity contribution in [3.63, 3.8) is 0 Å². The minimum absolute atomic E-state index is 0.0607. The van der Waals surface area contributed by atoms with E-state index in [9.17, 15) is 0 Å². The first-order chi connectivity index (χ1) is 25.8. The van der Waals surface area contributed by atoms with Crippen LogP contribution in [-0.4, -0.2) is 0 Å². The predicted molar refractivity (Wildman–Crippen MR) is 223 cm³/mol. The van der Waals surface area contributed by atoms with Crippen molar-refractivity contribution >= 4 is 65.6 Å². The minimum atomic E-state index is 0.0607. The molecule has 11 rings (SSSR count). The van der Waals surface area contributed by atoms with Crippen LogP contribution in [0.15, 0.2) is 198 Å². The molecular formula is C51H32S. The van der Waals surface area contributed by atoms with E-state index in [0.29, 0.717) is 0 Å². The van der Waals surface area contributed by atoms with Gasteiger partial charge in [-0.25, -0.2) is 0 Å². The lowest BCUT2D eigenvalue weighted by Crippen LogP contribution is -2.12. The molecule has 1 heteroatoms. The molecule has 0 unspecified atom stereocenters. The van der Waals surface area contributed by atoms with Gasteiger partial charge in [0.05, 0.1) is 0 Å². The summed E-state index contributed by atoms with van der Waals surface area (Å²) in [6.07, 6.45) is 0. The quantitative estimate of drug-likeness (QED) is 0.168. The van der Waals surface area contributed by atoms with E-state index in [-0.39, 0.29) is 5.92 Å². The lowest BCUT2D eigenvalue weighted by atomic mass is 9.78. The van der Waals surface area contributed by atoms with Crippen LogP contribution in [0.4, 0.5) is 0 Å². The van der Waals surface area contributed by atoms with Crippen molar-refractivity contribution in [2.75, 3.05) is 0 Å². The van der Waals surface area contributed by atoms with E-state index in [4.69, 9.17) is 0 Å². The second kappa shape index (κ2) is 11.7. The van der Waals surface area contributed by atoms with Crippen molar-refractivity contribution in [1.29, 1.82) is 0 Å². The van der Waals surface area contributed by atoms with Gasteiger partial charge >= 0.3 is 0 Å². The smallest absolute Gasteiger partial charge is 0.0375 e. The fourth-order valence-electron chi connectivity index (χ4n) is 8.83. The van der Waals surface area contributed by atoms with Crippen LogP contribution >= 0.6 is 11.8 Å². The van der Waals surface area contributed by atoms with Gasteiger partial charge in [-0.1, -0.05) is 194 Å². The van der Waals surface area contributed by atoms with Crippen LogP contribution in [0, 0.1) is 0 Å². The maximum atomic E-state index is 2.39. The molecule has 0 fully saturated rings. The van der Waals surface area contributed by atoms with Crippen molar-refractivity contribution in [1.82, 2.24) is 0 Å². The Morgan fingerprint density at radius 2 is 0.788 bits per heavy atom. The first kappa shape index (κ1) is 29.6. The number of hydrogen-bond donors (Lipinski definition) is 0. The number of hydrogen-bond acceptors (Lipinski definition) is 1. The highest BCUT2D eigenvalue weighted by molar-refractivity contribution is 8.00. The Balaban J connectivity index is 1.16. The molecule has 0 spiro atoms. The lowest BCUT2D eigenvalue weighted by Gasteiger charge is -2.33. The van der Waals surface area contributed by atoms with Crippen LogP contribution in [0.5, 0.6) is 0 Å². The molecule has 242 valence electrons. The Hall–Kier alpha value is -6.15. The molecule has 0 amide bonds. The summed E-state index contributed by atoms with van der Waals surface area (Å²) in [6.45, 7) is 0. The van der Waals surface area contributed by atoms with Crippen LogP contribution in [0.2, 0.25) is 0 Å². The van der Waals surface area contributed by atoms with Gasteiger partial charge in [0.15, 0.2) is 0 Å². The highest BCUT2D eigenvalue weighted by Crippen LogP contribution is 2.57. The molecule has 1 aliphatic heterocycles. The Labute approximate surface area is 307 Å². The summed E-state index contributed by atoms with van der Waals surface area (Å²) in [5, 5.41) is 13.1. The van der Waals surface area contributed by atoms with Crippen molar-refractivity contribution in [2.45, 2.75) is 15.7 Å². The average molecular weight is 677 g/mol. The molecule has 0 aromatic heterocycles. The molecule has 10 aromatic rings. The van der Waals surface area contributed by atoms with Crippen LogP contribution in [0.25, 0.3) is 76.1 Å². The Kier molecular flexibility index (Phi) is 6.65. The van der Waals surface area contributed by atoms with Crippen molar-refractivity contribution in [3.05, 3.63) is 205 Å². The van der Waals surface area contributed by atoms with Gasteiger partial charge in [-0.15, -0.1) is 0 Å². The summed E-state index contributed by atoms with van der Waals surface area (Å²) in [5.74, 6) is 0.0607. The zero-order valence-electron chi connectivity index (χ0n) is 28.4. The molecule has 0 nitrogen and oxygen atoms in total. The van der Waals surface area contributed by atoms with E-state index in [1.54, 1.807) is 0 Å². The second-order valence-electron chi connectivity index (χ2n) is 13.9. The molecule has 0 saturated carbocycles. The molecular weight excluding hydrogens is 645 g/mol. The first-order valence-corrected chi connectivity index (χ1v) is 18.9. The SMILES string of the molecule is c1ccc(-c2cccc3ccc(-c4ccc(C5c6c(c7ccccc7c7ccccc67)Sc6c5c5ccccc5c5ccccc65)cc4)cc23)cc1. The van der Waals surface area contributed by atoms with Crippen molar-refractivity contribution in [2.24, 2.45) is 0 Å². The fraction of sp³-hybridized carbons (Fsp3) is 0.0196. The largest absolute Gasteiger partial charge is 0.0881 e. The van der Waals surface area contributed by atoms with E-state index in [1.165, 1.54) is 103 Å².